The van der Waals surface area contributed by atoms with E-state index in [1.165, 1.54) is 0 Å². The Bertz CT molecular complexity index is 366. The normalized spacial score (nSPS) is 19.1. The number of carboxylic acids is 1. The van der Waals surface area contributed by atoms with Crippen LogP contribution >= 0.6 is 0 Å². The molecule has 4 nitrogen and oxygen atoms in total. The van der Waals surface area contributed by atoms with Crippen molar-refractivity contribution in [3.05, 3.63) is 0 Å². The lowest BCUT2D eigenvalue weighted by molar-refractivity contribution is -0.153. The fourth-order valence-corrected chi connectivity index (χ4v) is 2.77. The van der Waals surface area contributed by atoms with Crippen molar-refractivity contribution in [2.75, 3.05) is 6.54 Å². The van der Waals surface area contributed by atoms with E-state index in [4.69, 9.17) is 0 Å². The highest BCUT2D eigenvalue weighted by atomic mass is 16.4. The first-order chi connectivity index (χ1) is 9.69. The Morgan fingerprint density at radius 2 is 1.67 bits per heavy atom. The van der Waals surface area contributed by atoms with E-state index in [-0.39, 0.29) is 17.7 Å². The van der Waals surface area contributed by atoms with Crippen LogP contribution in [-0.2, 0) is 9.59 Å². The Balaban J connectivity index is 2.63. The van der Waals surface area contributed by atoms with Crippen LogP contribution in [0, 0.1) is 16.7 Å². The predicted molar refractivity (Wildman–Crippen MR) is 84.0 cm³/mol. The van der Waals surface area contributed by atoms with Gasteiger partial charge in [-0.3, -0.25) is 9.59 Å². The molecule has 0 radical (unpaired) electrons. The Labute approximate surface area is 128 Å². The fraction of sp³-hybridized carbons (Fsp3) is 0.882. The molecule has 0 aromatic rings. The zero-order valence-electron chi connectivity index (χ0n) is 14.0. The zero-order valence-corrected chi connectivity index (χ0v) is 14.0. The van der Waals surface area contributed by atoms with Crippen LogP contribution in [0.4, 0.5) is 0 Å². The maximum Gasteiger partial charge on any atom is 0.310 e. The molecule has 0 saturated heterocycles. The number of amides is 1. The molecular weight excluding hydrogens is 266 g/mol. The number of hydrogen-bond acceptors (Lipinski definition) is 2. The molecular formula is C17H31NO3. The monoisotopic (exact) mass is 297 g/mol. The van der Waals surface area contributed by atoms with Crippen molar-refractivity contribution in [3.63, 3.8) is 0 Å². The first kappa shape index (κ1) is 18.0. The van der Waals surface area contributed by atoms with Crippen molar-refractivity contribution in [2.24, 2.45) is 16.7 Å². The van der Waals surface area contributed by atoms with E-state index in [0.29, 0.717) is 25.3 Å². The first-order valence-corrected chi connectivity index (χ1v) is 8.20. The molecule has 1 fully saturated rings. The summed E-state index contributed by atoms with van der Waals surface area (Å²) in [7, 11) is 0. The Morgan fingerprint density at radius 1 is 1.14 bits per heavy atom. The Kier molecular flexibility index (Phi) is 6.24. The third kappa shape index (κ3) is 5.01. The van der Waals surface area contributed by atoms with Gasteiger partial charge in [0, 0.05) is 13.0 Å². The number of hydrogen-bond donors (Lipinski definition) is 2. The van der Waals surface area contributed by atoms with Gasteiger partial charge < -0.3 is 10.4 Å². The van der Waals surface area contributed by atoms with Crippen molar-refractivity contribution in [2.45, 2.75) is 72.6 Å². The zero-order chi connectivity index (χ0) is 16.1. The quantitative estimate of drug-likeness (QED) is 0.736. The van der Waals surface area contributed by atoms with Crippen LogP contribution < -0.4 is 5.32 Å². The predicted octanol–water partition coefficient (Wildman–Crippen LogP) is 3.60. The number of rotatable bonds is 6. The third-order valence-corrected chi connectivity index (χ3v) is 5.32. The van der Waals surface area contributed by atoms with Crippen LogP contribution in [-0.4, -0.2) is 23.5 Å². The SMILES string of the molecule is CC(C)C(C)(C)CNC(=O)CC1(C(=O)O)CCCCCC1. The third-order valence-electron chi connectivity index (χ3n) is 5.32. The summed E-state index contributed by atoms with van der Waals surface area (Å²) in [5.41, 5.74) is -0.821. The number of carbonyl (C=O) groups is 2. The van der Waals surface area contributed by atoms with Crippen molar-refractivity contribution in [1.29, 1.82) is 0 Å². The maximum atomic E-state index is 12.2. The molecule has 1 aliphatic carbocycles. The van der Waals surface area contributed by atoms with E-state index in [1.54, 1.807) is 0 Å². The summed E-state index contributed by atoms with van der Waals surface area (Å²) in [6.07, 6.45) is 5.37. The molecule has 4 heteroatoms. The molecule has 1 amide bonds. The molecule has 122 valence electrons. The van der Waals surface area contributed by atoms with Gasteiger partial charge >= 0.3 is 5.97 Å². The van der Waals surface area contributed by atoms with Crippen LogP contribution in [0.3, 0.4) is 0 Å². The van der Waals surface area contributed by atoms with Gasteiger partial charge in [0.15, 0.2) is 0 Å². The second-order valence-corrected chi connectivity index (χ2v) is 7.60. The number of carbonyl (C=O) groups excluding carboxylic acids is 1. The summed E-state index contributed by atoms with van der Waals surface area (Å²) in [5.74, 6) is -0.459. The van der Waals surface area contributed by atoms with E-state index < -0.39 is 11.4 Å². The summed E-state index contributed by atoms with van der Waals surface area (Å²) >= 11 is 0. The summed E-state index contributed by atoms with van der Waals surface area (Å²) < 4.78 is 0. The summed E-state index contributed by atoms with van der Waals surface area (Å²) in [5, 5.41) is 12.5. The van der Waals surface area contributed by atoms with Gasteiger partial charge in [-0.2, -0.15) is 0 Å². The van der Waals surface area contributed by atoms with E-state index in [1.807, 2.05) is 0 Å². The molecule has 0 atom stereocenters. The molecule has 2 N–H and O–H groups in total. The van der Waals surface area contributed by atoms with Crippen LogP contribution in [0.25, 0.3) is 0 Å². The smallest absolute Gasteiger partial charge is 0.310 e. The van der Waals surface area contributed by atoms with Gasteiger partial charge in [0.05, 0.1) is 5.41 Å². The van der Waals surface area contributed by atoms with Gasteiger partial charge in [0.1, 0.15) is 0 Å². The van der Waals surface area contributed by atoms with E-state index in [0.717, 1.165) is 25.7 Å². The second-order valence-electron chi connectivity index (χ2n) is 7.60. The van der Waals surface area contributed by atoms with Gasteiger partial charge in [0.2, 0.25) is 5.91 Å². The molecule has 0 heterocycles. The highest BCUT2D eigenvalue weighted by Crippen LogP contribution is 2.38. The molecule has 0 bridgehead atoms. The minimum absolute atomic E-state index is 0.0233. The highest BCUT2D eigenvalue weighted by molar-refractivity contribution is 5.85. The van der Waals surface area contributed by atoms with Crippen molar-refractivity contribution in [1.82, 2.24) is 5.32 Å². The van der Waals surface area contributed by atoms with Gasteiger partial charge in [-0.15, -0.1) is 0 Å². The lowest BCUT2D eigenvalue weighted by atomic mass is 9.77. The van der Waals surface area contributed by atoms with E-state index >= 15 is 0 Å². The first-order valence-electron chi connectivity index (χ1n) is 8.20. The average Bonchev–Trinajstić information content (AvgIpc) is 2.63. The second kappa shape index (κ2) is 7.28. The van der Waals surface area contributed by atoms with Crippen LogP contribution in [0.5, 0.6) is 0 Å². The molecule has 0 unspecified atom stereocenters. The molecule has 0 aromatic carbocycles. The molecule has 0 aromatic heterocycles. The van der Waals surface area contributed by atoms with Crippen LogP contribution in [0.2, 0.25) is 0 Å². The fourth-order valence-electron chi connectivity index (χ4n) is 2.77. The Hall–Kier alpha value is -1.06. The summed E-state index contributed by atoms with van der Waals surface area (Å²) in [4.78, 5) is 23.9. The van der Waals surface area contributed by atoms with E-state index in [9.17, 15) is 14.7 Å². The maximum absolute atomic E-state index is 12.2. The van der Waals surface area contributed by atoms with Gasteiger partial charge in [-0.05, 0) is 24.2 Å². The van der Waals surface area contributed by atoms with Gasteiger partial charge in [-0.1, -0.05) is 53.4 Å². The largest absolute Gasteiger partial charge is 0.481 e. The number of aliphatic carboxylic acids is 1. The molecule has 0 spiro atoms. The molecule has 1 aliphatic rings. The Morgan fingerprint density at radius 3 is 2.10 bits per heavy atom. The average molecular weight is 297 g/mol. The number of nitrogens with one attached hydrogen (secondary N) is 1. The minimum Gasteiger partial charge on any atom is -0.481 e. The summed E-state index contributed by atoms with van der Waals surface area (Å²) in [6, 6.07) is 0. The summed E-state index contributed by atoms with van der Waals surface area (Å²) in [6.45, 7) is 9.11. The van der Waals surface area contributed by atoms with Crippen molar-refractivity contribution >= 4 is 11.9 Å². The topological polar surface area (TPSA) is 66.4 Å². The van der Waals surface area contributed by atoms with Crippen LogP contribution in [0.1, 0.15) is 72.6 Å². The van der Waals surface area contributed by atoms with Gasteiger partial charge in [0.25, 0.3) is 0 Å². The minimum atomic E-state index is -0.845. The molecule has 1 saturated carbocycles. The lowest BCUT2D eigenvalue weighted by Crippen LogP contribution is -2.41. The number of carboxylic acid groups (broad SMARTS) is 1. The van der Waals surface area contributed by atoms with Crippen molar-refractivity contribution < 1.29 is 14.7 Å². The molecule has 1 rings (SSSR count). The standard InChI is InChI=1S/C17H31NO3/c1-13(2)16(3,4)12-18-14(19)11-17(15(20)21)9-7-5-6-8-10-17/h13H,5-12H2,1-4H3,(H,18,19)(H,20,21). The van der Waals surface area contributed by atoms with Crippen LogP contribution in [0.15, 0.2) is 0 Å². The lowest BCUT2D eigenvalue weighted by Gasteiger charge is -2.31. The van der Waals surface area contributed by atoms with E-state index in [2.05, 4.69) is 33.0 Å². The van der Waals surface area contributed by atoms with Gasteiger partial charge in [-0.25, -0.2) is 0 Å². The highest BCUT2D eigenvalue weighted by Gasteiger charge is 2.40. The molecule has 21 heavy (non-hydrogen) atoms. The molecule has 0 aliphatic heterocycles. The van der Waals surface area contributed by atoms with Crippen molar-refractivity contribution in [3.8, 4) is 0 Å².